The molecule has 0 aliphatic carbocycles. The molecule has 0 saturated carbocycles. The molecule has 2 rings (SSSR count). The maximum Gasteiger partial charge on any atom is 0.171 e. The number of thioether (sulfide) groups is 1. The van der Waals surface area contributed by atoms with Crippen molar-refractivity contribution in [1.29, 1.82) is 0 Å². The van der Waals surface area contributed by atoms with Crippen LogP contribution in [0.15, 0.2) is 18.2 Å². The third-order valence-electron chi connectivity index (χ3n) is 3.70. The van der Waals surface area contributed by atoms with Gasteiger partial charge in [0.25, 0.3) is 0 Å². The van der Waals surface area contributed by atoms with Crippen LogP contribution < -0.4 is 4.90 Å². The molecule has 1 heterocycles. The van der Waals surface area contributed by atoms with Crippen molar-refractivity contribution in [3.05, 3.63) is 29.3 Å². The largest absolute Gasteiger partial charge is 0.353 e. The minimum atomic E-state index is -3.05. The van der Waals surface area contributed by atoms with Gasteiger partial charge in [-0.2, -0.15) is 11.8 Å². The van der Waals surface area contributed by atoms with E-state index in [1.165, 1.54) is 11.1 Å². The number of sulfone groups is 1. The normalized spacial score (nSPS) is 20.1. The zero-order valence-electron chi connectivity index (χ0n) is 11.8. The van der Waals surface area contributed by atoms with Gasteiger partial charge < -0.3 is 4.90 Å². The molecule has 20 heavy (non-hydrogen) atoms. The van der Waals surface area contributed by atoms with Gasteiger partial charge in [0.2, 0.25) is 0 Å². The van der Waals surface area contributed by atoms with Crippen LogP contribution in [0, 0.1) is 6.92 Å². The molecule has 3 nitrogen and oxygen atoms in total. The van der Waals surface area contributed by atoms with Crippen LogP contribution in [-0.4, -0.2) is 37.6 Å². The van der Waals surface area contributed by atoms with E-state index in [1.807, 2.05) is 6.07 Å². The average molecular weight is 378 g/mol. The van der Waals surface area contributed by atoms with E-state index in [1.54, 1.807) is 18.7 Å². The Morgan fingerprint density at radius 3 is 2.80 bits per heavy atom. The number of benzene rings is 1. The van der Waals surface area contributed by atoms with E-state index in [4.69, 9.17) is 0 Å². The summed E-state index contributed by atoms with van der Waals surface area (Å²) < 4.78 is 24.6. The van der Waals surface area contributed by atoms with Gasteiger partial charge in [-0.1, -0.05) is 28.9 Å². The average Bonchev–Trinajstić information content (AvgIpc) is 2.47. The molecule has 0 aromatic heterocycles. The molecular weight excluding hydrogens is 358 g/mol. The maximum absolute atomic E-state index is 12.3. The number of hydrogen-bond donors (Lipinski definition) is 0. The van der Waals surface area contributed by atoms with Crippen LogP contribution in [-0.2, 0) is 15.2 Å². The fourth-order valence-electron chi connectivity index (χ4n) is 2.37. The maximum atomic E-state index is 12.3. The van der Waals surface area contributed by atoms with E-state index < -0.39 is 9.84 Å². The second-order valence-corrected chi connectivity index (χ2v) is 9.08. The van der Waals surface area contributed by atoms with Gasteiger partial charge in [-0.3, -0.25) is 0 Å². The van der Waals surface area contributed by atoms with E-state index in [2.05, 4.69) is 39.9 Å². The summed E-state index contributed by atoms with van der Waals surface area (Å²) >= 11 is 5.20. The fraction of sp³-hybridized carbons (Fsp3) is 0.571. The van der Waals surface area contributed by atoms with Crippen LogP contribution in [0.1, 0.15) is 18.1 Å². The number of aryl methyl sites for hydroxylation is 1. The van der Waals surface area contributed by atoms with Gasteiger partial charge in [-0.25, -0.2) is 8.42 Å². The Kier molecular flexibility index (Phi) is 5.42. The highest BCUT2D eigenvalue weighted by molar-refractivity contribution is 9.08. The molecule has 1 unspecified atom stereocenters. The Morgan fingerprint density at radius 1 is 1.45 bits per heavy atom. The zero-order chi connectivity index (χ0) is 14.8. The van der Waals surface area contributed by atoms with Crippen LogP contribution in [0.3, 0.4) is 0 Å². The second kappa shape index (κ2) is 6.71. The lowest BCUT2D eigenvalue weighted by atomic mass is 10.1. The molecule has 1 aliphatic heterocycles. The summed E-state index contributed by atoms with van der Waals surface area (Å²) in [6.45, 7) is 4.59. The molecule has 1 saturated heterocycles. The van der Waals surface area contributed by atoms with Crippen LogP contribution in [0.25, 0.3) is 0 Å². The molecule has 1 atom stereocenters. The Hall–Kier alpha value is -0.200. The number of halogens is 1. The Bertz CT molecular complexity index is 575. The smallest absolute Gasteiger partial charge is 0.171 e. The van der Waals surface area contributed by atoms with Crippen LogP contribution >= 0.6 is 27.7 Å². The first-order chi connectivity index (χ1) is 9.49. The van der Waals surface area contributed by atoms with Gasteiger partial charge >= 0.3 is 0 Å². The van der Waals surface area contributed by atoms with E-state index in [0.29, 0.717) is 5.75 Å². The van der Waals surface area contributed by atoms with Gasteiger partial charge in [-0.15, -0.1) is 0 Å². The summed E-state index contributed by atoms with van der Waals surface area (Å²) in [5.74, 6) is 1.84. The second-order valence-electron chi connectivity index (χ2n) is 4.92. The highest BCUT2D eigenvalue weighted by atomic mass is 79.9. The summed E-state index contributed by atoms with van der Waals surface area (Å²) in [5.41, 5.74) is 3.47. The SMILES string of the molecule is CCS(=O)(=O)C1CSCCN1c1ccc(CBr)c(C)c1. The molecule has 0 bridgehead atoms. The number of alkyl halides is 1. The number of anilines is 1. The van der Waals surface area contributed by atoms with Gasteiger partial charge in [0, 0.05) is 34.8 Å². The topological polar surface area (TPSA) is 37.4 Å². The van der Waals surface area contributed by atoms with E-state index >= 15 is 0 Å². The monoisotopic (exact) mass is 377 g/mol. The van der Waals surface area contributed by atoms with E-state index in [9.17, 15) is 8.42 Å². The number of nitrogens with zero attached hydrogens (tertiary/aromatic N) is 1. The predicted molar refractivity (Wildman–Crippen MR) is 91.7 cm³/mol. The third kappa shape index (κ3) is 3.34. The number of hydrogen-bond acceptors (Lipinski definition) is 4. The molecule has 1 aromatic carbocycles. The van der Waals surface area contributed by atoms with Crippen molar-refractivity contribution in [2.45, 2.75) is 24.6 Å². The minimum Gasteiger partial charge on any atom is -0.353 e. The van der Waals surface area contributed by atoms with Gasteiger partial charge in [0.05, 0.1) is 0 Å². The Labute approximate surface area is 134 Å². The molecule has 1 aromatic rings. The third-order valence-corrected chi connectivity index (χ3v) is 7.60. The van der Waals surface area contributed by atoms with E-state index in [0.717, 1.165) is 23.3 Å². The first-order valence-electron chi connectivity index (χ1n) is 6.71. The lowest BCUT2D eigenvalue weighted by Gasteiger charge is -2.36. The van der Waals surface area contributed by atoms with Crippen molar-refractivity contribution in [2.75, 3.05) is 28.7 Å². The molecule has 1 aliphatic rings. The highest BCUT2D eigenvalue weighted by Gasteiger charge is 2.33. The summed E-state index contributed by atoms with van der Waals surface area (Å²) in [6, 6.07) is 6.22. The van der Waals surface area contributed by atoms with Gasteiger partial charge in [0.1, 0.15) is 5.37 Å². The summed E-state index contributed by atoms with van der Waals surface area (Å²) in [6.07, 6.45) is 0. The lowest BCUT2D eigenvalue weighted by molar-refractivity contribution is 0.579. The number of rotatable bonds is 4. The minimum absolute atomic E-state index is 0.202. The van der Waals surface area contributed by atoms with Crippen molar-refractivity contribution >= 4 is 43.2 Å². The Balaban J connectivity index is 2.35. The molecule has 1 fully saturated rings. The molecule has 0 radical (unpaired) electrons. The molecule has 6 heteroatoms. The summed E-state index contributed by atoms with van der Waals surface area (Å²) in [7, 11) is -3.05. The molecule has 0 N–H and O–H groups in total. The summed E-state index contributed by atoms with van der Waals surface area (Å²) in [5, 5.41) is 0.437. The van der Waals surface area contributed by atoms with E-state index in [-0.39, 0.29) is 11.1 Å². The molecule has 0 amide bonds. The standard InChI is InChI=1S/C14H20BrNO2S2/c1-3-20(17,18)14-10-19-7-6-16(14)13-5-4-12(9-15)11(2)8-13/h4-5,8,14H,3,6-7,9-10H2,1-2H3. The summed E-state index contributed by atoms with van der Waals surface area (Å²) in [4.78, 5) is 2.06. The zero-order valence-corrected chi connectivity index (χ0v) is 15.0. The van der Waals surface area contributed by atoms with Crippen molar-refractivity contribution < 1.29 is 8.42 Å². The molecule has 112 valence electrons. The van der Waals surface area contributed by atoms with Gasteiger partial charge in [0.15, 0.2) is 9.84 Å². The van der Waals surface area contributed by atoms with Crippen LogP contribution in [0.5, 0.6) is 0 Å². The highest BCUT2D eigenvalue weighted by Crippen LogP contribution is 2.29. The van der Waals surface area contributed by atoms with Crippen molar-refractivity contribution in [2.24, 2.45) is 0 Å². The first kappa shape index (κ1) is 16.2. The quantitative estimate of drug-likeness (QED) is 0.754. The predicted octanol–water partition coefficient (Wildman–Crippen LogP) is 3.20. The fourth-order valence-corrected chi connectivity index (χ4v) is 6.00. The molecular formula is C14H20BrNO2S2. The first-order valence-corrected chi connectivity index (χ1v) is 10.7. The van der Waals surface area contributed by atoms with Crippen LogP contribution in [0.2, 0.25) is 0 Å². The van der Waals surface area contributed by atoms with Gasteiger partial charge in [-0.05, 0) is 30.2 Å². The lowest BCUT2D eigenvalue weighted by Crippen LogP contribution is -2.48. The van der Waals surface area contributed by atoms with Crippen LogP contribution in [0.4, 0.5) is 5.69 Å². The van der Waals surface area contributed by atoms with Crippen molar-refractivity contribution in [3.8, 4) is 0 Å². The molecule has 0 spiro atoms. The Morgan fingerprint density at radius 2 is 2.20 bits per heavy atom. The van der Waals surface area contributed by atoms with Crippen molar-refractivity contribution in [1.82, 2.24) is 0 Å². The van der Waals surface area contributed by atoms with Crippen molar-refractivity contribution in [3.63, 3.8) is 0 Å².